The van der Waals surface area contributed by atoms with Gasteiger partial charge in [0, 0.05) is 10.6 Å². The molecule has 6 heteroatoms. The number of benzene rings is 1. The number of ether oxygens (including phenoxy) is 1. The molecule has 1 aromatic carbocycles. The summed E-state index contributed by atoms with van der Waals surface area (Å²) in [6.07, 6.45) is -5.35. The van der Waals surface area contributed by atoms with E-state index in [0.717, 1.165) is 0 Å². The zero-order valence-corrected chi connectivity index (χ0v) is 9.14. The fourth-order valence-electron chi connectivity index (χ4n) is 1.14. The lowest BCUT2D eigenvalue weighted by atomic mass is 10.1. The molecule has 0 saturated carbocycles. The summed E-state index contributed by atoms with van der Waals surface area (Å²) in [5.74, 6) is -0.0169. The van der Waals surface area contributed by atoms with Gasteiger partial charge in [0.25, 0.3) is 0 Å². The van der Waals surface area contributed by atoms with E-state index in [4.69, 9.17) is 11.6 Å². The predicted octanol–water partition coefficient (Wildman–Crippen LogP) is 3.33. The SMILES string of the molecule is CC(O)c1cc(Cl)ccc1OCC(F)(F)F. The third kappa shape index (κ3) is 3.90. The Morgan fingerprint density at radius 1 is 1.44 bits per heavy atom. The van der Waals surface area contributed by atoms with E-state index in [1.165, 1.54) is 25.1 Å². The highest BCUT2D eigenvalue weighted by Gasteiger charge is 2.29. The van der Waals surface area contributed by atoms with Gasteiger partial charge in [0.05, 0.1) is 6.10 Å². The van der Waals surface area contributed by atoms with Crippen LogP contribution in [0, 0.1) is 0 Å². The quantitative estimate of drug-likeness (QED) is 0.896. The molecule has 0 aliphatic heterocycles. The molecule has 1 unspecified atom stereocenters. The maximum Gasteiger partial charge on any atom is 0.422 e. The Hall–Kier alpha value is -0.940. The molecule has 1 N–H and O–H groups in total. The van der Waals surface area contributed by atoms with Crippen LogP contribution in [0.3, 0.4) is 0 Å². The molecule has 0 aromatic heterocycles. The molecule has 1 aromatic rings. The first kappa shape index (κ1) is 13.1. The molecule has 0 amide bonds. The number of rotatable bonds is 3. The van der Waals surface area contributed by atoms with Crippen molar-refractivity contribution in [1.82, 2.24) is 0 Å². The first-order valence-corrected chi connectivity index (χ1v) is 4.84. The van der Waals surface area contributed by atoms with Gasteiger partial charge in [-0.2, -0.15) is 13.2 Å². The Balaban J connectivity index is 2.87. The predicted molar refractivity (Wildman–Crippen MR) is 53.6 cm³/mol. The molecule has 0 aliphatic carbocycles. The van der Waals surface area contributed by atoms with E-state index in [-0.39, 0.29) is 11.3 Å². The number of aliphatic hydroxyl groups excluding tert-OH is 1. The fraction of sp³-hybridized carbons (Fsp3) is 0.400. The second-order valence-corrected chi connectivity index (χ2v) is 3.70. The van der Waals surface area contributed by atoms with Gasteiger partial charge in [0.2, 0.25) is 0 Å². The van der Waals surface area contributed by atoms with Crippen LogP contribution >= 0.6 is 11.6 Å². The highest BCUT2D eigenvalue weighted by atomic mass is 35.5. The molecule has 1 rings (SSSR count). The van der Waals surface area contributed by atoms with Crippen molar-refractivity contribution < 1.29 is 23.0 Å². The highest BCUT2D eigenvalue weighted by molar-refractivity contribution is 6.30. The minimum Gasteiger partial charge on any atom is -0.484 e. The summed E-state index contributed by atoms with van der Waals surface area (Å²) in [5, 5.41) is 9.67. The molecule has 0 bridgehead atoms. The Labute approximate surface area is 95.6 Å². The van der Waals surface area contributed by atoms with Crippen molar-refractivity contribution in [2.45, 2.75) is 19.2 Å². The summed E-state index contributed by atoms with van der Waals surface area (Å²) in [6.45, 7) is 0.0282. The van der Waals surface area contributed by atoms with E-state index in [1.54, 1.807) is 0 Å². The maximum atomic E-state index is 11.9. The van der Waals surface area contributed by atoms with Gasteiger partial charge in [-0.25, -0.2) is 0 Å². The summed E-state index contributed by atoms with van der Waals surface area (Å²) in [7, 11) is 0. The maximum absolute atomic E-state index is 11.9. The lowest BCUT2D eigenvalue weighted by Gasteiger charge is -2.14. The third-order valence-corrected chi connectivity index (χ3v) is 2.05. The van der Waals surface area contributed by atoms with Gasteiger partial charge in [0.15, 0.2) is 6.61 Å². The van der Waals surface area contributed by atoms with E-state index in [0.29, 0.717) is 5.02 Å². The van der Waals surface area contributed by atoms with Crippen LogP contribution in [0.4, 0.5) is 13.2 Å². The van der Waals surface area contributed by atoms with Gasteiger partial charge in [-0.15, -0.1) is 0 Å². The van der Waals surface area contributed by atoms with Crippen molar-refractivity contribution in [3.63, 3.8) is 0 Å². The van der Waals surface area contributed by atoms with Crippen molar-refractivity contribution in [3.8, 4) is 5.75 Å². The van der Waals surface area contributed by atoms with Crippen LogP contribution in [-0.4, -0.2) is 17.9 Å². The number of hydrogen-bond donors (Lipinski definition) is 1. The smallest absolute Gasteiger partial charge is 0.422 e. The molecule has 0 radical (unpaired) electrons. The van der Waals surface area contributed by atoms with E-state index in [9.17, 15) is 18.3 Å². The Morgan fingerprint density at radius 2 is 2.06 bits per heavy atom. The zero-order valence-electron chi connectivity index (χ0n) is 8.38. The average Bonchev–Trinajstić information content (AvgIpc) is 2.14. The van der Waals surface area contributed by atoms with Gasteiger partial charge in [-0.05, 0) is 25.1 Å². The van der Waals surface area contributed by atoms with Crippen LogP contribution in [0.5, 0.6) is 5.75 Å². The molecule has 90 valence electrons. The summed E-state index contributed by atoms with van der Waals surface area (Å²) in [6, 6.07) is 4.08. The average molecular weight is 255 g/mol. The largest absolute Gasteiger partial charge is 0.484 e. The Kier molecular flexibility index (Phi) is 4.04. The normalized spacial score (nSPS) is 13.6. The number of halogens is 4. The minimum absolute atomic E-state index is 0.0169. The molecule has 0 fully saturated rings. The lowest BCUT2D eigenvalue weighted by Crippen LogP contribution is -2.19. The minimum atomic E-state index is -4.41. The molecule has 0 saturated heterocycles. The molecule has 0 aliphatic rings. The second-order valence-electron chi connectivity index (χ2n) is 3.26. The van der Waals surface area contributed by atoms with Crippen molar-refractivity contribution in [2.24, 2.45) is 0 Å². The molecule has 2 nitrogen and oxygen atoms in total. The molecule has 16 heavy (non-hydrogen) atoms. The standard InChI is InChI=1S/C10H10ClF3O2/c1-6(15)8-4-7(11)2-3-9(8)16-5-10(12,13)14/h2-4,6,15H,5H2,1H3. The van der Waals surface area contributed by atoms with Crippen LogP contribution < -0.4 is 4.74 Å². The topological polar surface area (TPSA) is 29.5 Å². The van der Waals surface area contributed by atoms with Crippen LogP contribution in [0.2, 0.25) is 5.02 Å². The summed E-state index contributed by atoms with van der Waals surface area (Å²) in [5.41, 5.74) is 0.233. The summed E-state index contributed by atoms with van der Waals surface area (Å²) >= 11 is 5.66. The van der Waals surface area contributed by atoms with Crippen molar-refractivity contribution in [2.75, 3.05) is 6.61 Å². The summed E-state index contributed by atoms with van der Waals surface area (Å²) < 4.78 is 40.4. The molecule has 0 spiro atoms. The highest BCUT2D eigenvalue weighted by Crippen LogP contribution is 2.29. The van der Waals surface area contributed by atoms with Gasteiger partial charge in [-0.1, -0.05) is 11.6 Å². The Bertz CT molecular complexity index is 364. The van der Waals surface area contributed by atoms with Gasteiger partial charge in [-0.3, -0.25) is 0 Å². The van der Waals surface area contributed by atoms with E-state index >= 15 is 0 Å². The van der Waals surface area contributed by atoms with Crippen LogP contribution in [0.25, 0.3) is 0 Å². The van der Waals surface area contributed by atoms with Crippen LogP contribution in [0.15, 0.2) is 18.2 Å². The molecular formula is C10H10ClF3O2. The van der Waals surface area contributed by atoms with Crippen LogP contribution in [0.1, 0.15) is 18.6 Å². The van der Waals surface area contributed by atoms with E-state index in [1.807, 2.05) is 0 Å². The number of alkyl halides is 3. The van der Waals surface area contributed by atoms with Gasteiger partial charge >= 0.3 is 6.18 Å². The number of hydrogen-bond acceptors (Lipinski definition) is 2. The molecule has 1 atom stereocenters. The van der Waals surface area contributed by atoms with Gasteiger partial charge in [0.1, 0.15) is 5.75 Å². The van der Waals surface area contributed by atoms with Crippen molar-refractivity contribution in [1.29, 1.82) is 0 Å². The lowest BCUT2D eigenvalue weighted by molar-refractivity contribution is -0.153. The molecule has 0 heterocycles. The zero-order chi connectivity index (χ0) is 12.3. The third-order valence-electron chi connectivity index (χ3n) is 1.81. The summed E-state index contributed by atoms with van der Waals surface area (Å²) in [4.78, 5) is 0. The second kappa shape index (κ2) is 4.93. The van der Waals surface area contributed by atoms with E-state index in [2.05, 4.69) is 4.74 Å². The monoisotopic (exact) mass is 254 g/mol. The number of aliphatic hydroxyl groups is 1. The first-order chi connectivity index (χ1) is 7.29. The Morgan fingerprint density at radius 3 is 2.56 bits per heavy atom. The molecular weight excluding hydrogens is 245 g/mol. The van der Waals surface area contributed by atoms with Crippen LogP contribution in [-0.2, 0) is 0 Å². The van der Waals surface area contributed by atoms with Crippen molar-refractivity contribution in [3.05, 3.63) is 28.8 Å². The van der Waals surface area contributed by atoms with E-state index < -0.39 is 18.9 Å². The van der Waals surface area contributed by atoms with Gasteiger partial charge < -0.3 is 9.84 Å². The fourth-order valence-corrected chi connectivity index (χ4v) is 1.32. The van der Waals surface area contributed by atoms with Crippen molar-refractivity contribution >= 4 is 11.6 Å². The first-order valence-electron chi connectivity index (χ1n) is 4.46.